The molecule has 0 bridgehead atoms. The molecule has 0 N–H and O–H groups in total. The summed E-state index contributed by atoms with van der Waals surface area (Å²) in [5, 5.41) is 0. The minimum absolute atomic E-state index is 0.260. The molecule has 0 aliphatic rings. The van der Waals surface area contributed by atoms with Crippen LogP contribution in [0.1, 0.15) is 12.5 Å². The molecule has 0 unspecified atom stereocenters. The van der Waals surface area contributed by atoms with Crippen LogP contribution in [0.5, 0.6) is 5.75 Å². The van der Waals surface area contributed by atoms with E-state index in [4.69, 9.17) is 4.89 Å². The first-order valence-corrected chi connectivity index (χ1v) is 4.30. The highest BCUT2D eigenvalue weighted by Gasteiger charge is 2.04. The van der Waals surface area contributed by atoms with Gasteiger partial charge in [-0.25, -0.2) is 4.89 Å². The van der Waals surface area contributed by atoms with Gasteiger partial charge in [0.1, 0.15) is 0 Å². The van der Waals surface area contributed by atoms with Crippen LogP contribution in [0.15, 0.2) is 24.3 Å². The third-order valence-corrected chi connectivity index (χ3v) is 1.49. The van der Waals surface area contributed by atoms with E-state index >= 15 is 0 Å². The van der Waals surface area contributed by atoms with Crippen LogP contribution >= 0.6 is 0 Å². The Balaban J connectivity index is 2.38. The Hall–Kier alpha value is -1.71. The number of hydrogen-bond donors (Lipinski definition) is 0. The molecule has 0 saturated heterocycles. The van der Waals surface area contributed by atoms with E-state index in [1.807, 2.05) is 19.1 Å². The third-order valence-electron chi connectivity index (χ3n) is 1.49. The second-order valence-corrected chi connectivity index (χ2v) is 2.66. The van der Waals surface area contributed by atoms with Gasteiger partial charge in [0, 0.05) is 0 Å². The summed E-state index contributed by atoms with van der Waals surface area (Å²) < 4.78 is 4.50. The van der Waals surface area contributed by atoms with Gasteiger partial charge in [-0.1, -0.05) is 17.7 Å². The first-order valence-electron chi connectivity index (χ1n) is 4.30. The molecule has 0 amide bonds. The Morgan fingerprint density at radius 1 is 1.29 bits per heavy atom. The Morgan fingerprint density at radius 3 is 2.50 bits per heavy atom. The Morgan fingerprint density at radius 2 is 1.93 bits per heavy atom. The number of carbonyl (C=O) groups is 1. The van der Waals surface area contributed by atoms with Crippen molar-refractivity contribution in [2.24, 2.45) is 0 Å². The fraction of sp³-hybridized carbons (Fsp3) is 0.300. The van der Waals surface area contributed by atoms with Crippen molar-refractivity contribution in [3.8, 4) is 5.75 Å². The highest BCUT2D eigenvalue weighted by Crippen LogP contribution is 2.11. The first kappa shape index (κ1) is 10.4. The Labute approximate surface area is 82.3 Å². The SMILES string of the molecule is CCOC(=O)OOc1ccc(C)cc1. The van der Waals surface area contributed by atoms with Gasteiger partial charge in [0.25, 0.3) is 0 Å². The van der Waals surface area contributed by atoms with Gasteiger partial charge in [0.05, 0.1) is 6.61 Å². The summed E-state index contributed by atoms with van der Waals surface area (Å²) >= 11 is 0. The van der Waals surface area contributed by atoms with Crippen molar-refractivity contribution in [1.29, 1.82) is 0 Å². The molecular weight excluding hydrogens is 184 g/mol. The lowest BCUT2D eigenvalue weighted by molar-refractivity contribution is -0.167. The van der Waals surface area contributed by atoms with Gasteiger partial charge < -0.3 is 4.74 Å². The van der Waals surface area contributed by atoms with E-state index in [9.17, 15) is 4.79 Å². The highest BCUT2D eigenvalue weighted by molar-refractivity contribution is 5.59. The lowest BCUT2D eigenvalue weighted by atomic mass is 10.2. The standard InChI is InChI=1S/C10H12O4/c1-3-12-10(11)14-13-9-6-4-8(2)5-7-9/h4-7H,3H2,1-2H3. The number of hydrogen-bond acceptors (Lipinski definition) is 4. The van der Waals surface area contributed by atoms with Gasteiger partial charge in [-0.15, -0.1) is 0 Å². The molecule has 76 valence electrons. The Kier molecular flexibility index (Phi) is 3.79. The van der Waals surface area contributed by atoms with E-state index in [1.54, 1.807) is 19.1 Å². The number of ether oxygens (including phenoxy) is 1. The molecule has 0 saturated carbocycles. The van der Waals surface area contributed by atoms with E-state index < -0.39 is 6.16 Å². The third kappa shape index (κ3) is 3.35. The van der Waals surface area contributed by atoms with Crippen LogP contribution in [0.25, 0.3) is 0 Å². The fourth-order valence-electron chi connectivity index (χ4n) is 0.818. The van der Waals surface area contributed by atoms with Gasteiger partial charge in [-0.2, -0.15) is 4.79 Å². The van der Waals surface area contributed by atoms with Crippen molar-refractivity contribution in [1.82, 2.24) is 0 Å². The maximum absolute atomic E-state index is 10.7. The topological polar surface area (TPSA) is 44.8 Å². The van der Waals surface area contributed by atoms with E-state index in [0.717, 1.165) is 5.56 Å². The van der Waals surface area contributed by atoms with Gasteiger partial charge in [-0.05, 0) is 26.0 Å². The van der Waals surface area contributed by atoms with Crippen LogP contribution in [-0.2, 0) is 9.62 Å². The molecule has 14 heavy (non-hydrogen) atoms. The molecule has 0 aliphatic heterocycles. The summed E-state index contributed by atoms with van der Waals surface area (Å²) in [5.41, 5.74) is 1.11. The molecule has 1 aromatic rings. The van der Waals surface area contributed by atoms with Crippen molar-refractivity contribution in [3.63, 3.8) is 0 Å². The van der Waals surface area contributed by atoms with Crippen molar-refractivity contribution in [2.75, 3.05) is 6.61 Å². The molecule has 0 aromatic heterocycles. The molecule has 4 heteroatoms. The van der Waals surface area contributed by atoms with Crippen LogP contribution < -0.4 is 4.89 Å². The molecule has 0 aliphatic carbocycles. The fourth-order valence-corrected chi connectivity index (χ4v) is 0.818. The predicted octanol–water partition coefficient (Wildman–Crippen LogP) is 2.46. The Bertz CT molecular complexity index is 291. The van der Waals surface area contributed by atoms with Crippen LogP contribution in [0.4, 0.5) is 4.79 Å². The smallest absolute Gasteiger partial charge is 0.432 e. The van der Waals surface area contributed by atoms with Crippen LogP contribution in [0.2, 0.25) is 0 Å². The van der Waals surface area contributed by atoms with Gasteiger partial charge in [-0.3, -0.25) is 4.89 Å². The molecule has 0 radical (unpaired) electrons. The first-order chi connectivity index (χ1) is 6.72. The molecule has 4 nitrogen and oxygen atoms in total. The molecule has 0 heterocycles. The van der Waals surface area contributed by atoms with Crippen LogP contribution in [-0.4, -0.2) is 12.8 Å². The minimum atomic E-state index is -0.840. The summed E-state index contributed by atoms with van der Waals surface area (Å²) in [5.74, 6) is 0.462. The maximum Gasteiger partial charge on any atom is 0.549 e. The van der Waals surface area contributed by atoms with E-state index in [1.165, 1.54) is 0 Å². The summed E-state index contributed by atoms with van der Waals surface area (Å²) in [4.78, 5) is 19.8. The zero-order valence-corrected chi connectivity index (χ0v) is 8.15. The number of carbonyl (C=O) groups excluding carboxylic acids is 1. The van der Waals surface area contributed by atoms with Crippen LogP contribution in [0.3, 0.4) is 0 Å². The van der Waals surface area contributed by atoms with Crippen molar-refractivity contribution < 1.29 is 19.3 Å². The summed E-state index contributed by atoms with van der Waals surface area (Å²) in [6, 6.07) is 7.11. The molecule has 1 rings (SSSR count). The van der Waals surface area contributed by atoms with E-state index in [-0.39, 0.29) is 6.61 Å². The lowest BCUT2D eigenvalue weighted by Crippen LogP contribution is -2.09. The zero-order valence-electron chi connectivity index (χ0n) is 8.15. The van der Waals surface area contributed by atoms with Crippen LogP contribution in [0, 0.1) is 6.92 Å². The molecule has 0 spiro atoms. The monoisotopic (exact) mass is 196 g/mol. The highest BCUT2D eigenvalue weighted by atomic mass is 17.2. The largest absolute Gasteiger partial charge is 0.549 e. The number of aryl methyl sites for hydroxylation is 1. The van der Waals surface area contributed by atoms with Gasteiger partial charge >= 0.3 is 6.16 Å². The molecule has 1 aromatic carbocycles. The summed E-state index contributed by atoms with van der Waals surface area (Å²) in [7, 11) is 0. The van der Waals surface area contributed by atoms with Crippen molar-refractivity contribution >= 4 is 6.16 Å². The molecular formula is C10H12O4. The predicted molar refractivity (Wildman–Crippen MR) is 49.9 cm³/mol. The van der Waals surface area contributed by atoms with E-state index in [2.05, 4.69) is 9.62 Å². The maximum atomic E-state index is 10.7. The minimum Gasteiger partial charge on any atom is -0.432 e. The second kappa shape index (κ2) is 5.11. The summed E-state index contributed by atoms with van der Waals surface area (Å²) in [6.45, 7) is 3.90. The van der Waals surface area contributed by atoms with Crippen molar-refractivity contribution in [3.05, 3.63) is 29.8 Å². The van der Waals surface area contributed by atoms with Gasteiger partial charge in [0.2, 0.25) is 0 Å². The van der Waals surface area contributed by atoms with Crippen molar-refractivity contribution in [2.45, 2.75) is 13.8 Å². The van der Waals surface area contributed by atoms with Gasteiger partial charge in [0.15, 0.2) is 5.75 Å². The number of rotatable bonds is 3. The molecule has 0 fully saturated rings. The second-order valence-electron chi connectivity index (χ2n) is 2.66. The normalized spacial score (nSPS) is 9.29. The summed E-state index contributed by atoms with van der Waals surface area (Å²) in [6.07, 6.45) is -0.840. The number of benzene rings is 1. The molecule has 0 atom stereocenters. The lowest BCUT2D eigenvalue weighted by Gasteiger charge is -2.03. The average molecular weight is 196 g/mol. The zero-order chi connectivity index (χ0) is 10.4. The quantitative estimate of drug-likeness (QED) is 0.423. The average Bonchev–Trinajstić information content (AvgIpc) is 2.17. The van der Waals surface area contributed by atoms with E-state index in [0.29, 0.717) is 5.75 Å².